The molecule has 11 aromatic rings. The lowest BCUT2D eigenvalue weighted by Crippen LogP contribution is -2.11. The zero-order valence-electron chi connectivity index (χ0n) is 31.1. The number of hydrogen-bond donors (Lipinski definition) is 0. The van der Waals surface area contributed by atoms with Gasteiger partial charge in [0.2, 0.25) is 0 Å². The Bertz CT molecular complexity index is 3180. The molecule has 0 saturated heterocycles. The average molecular weight is 729 g/mol. The molecule has 0 bridgehead atoms. The van der Waals surface area contributed by atoms with Gasteiger partial charge in [-0.3, -0.25) is 0 Å². The highest BCUT2D eigenvalue weighted by Gasteiger charge is 2.24. The van der Waals surface area contributed by atoms with Gasteiger partial charge < -0.3 is 13.9 Å². The summed E-state index contributed by atoms with van der Waals surface area (Å²) in [5.74, 6) is 0. The van der Waals surface area contributed by atoms with Crippen molar-refractivity contribution in [2.45, 2.75) is 0 Å². The predicted octanol–water partition coefficient (Wildman–Crippen LogP) is 15.2. The Kier molecular flexibility index (Phi) is 7.82. The Morgan fingerprint density at radius 2 is 0.947 bits per heavy atom. The van der Waals surface area contributed by atoms with Crippen LogP contribution >= 0.6 is 0 Å². The van der Waals surface area contributed by atoms with E-state index in [4.69, 9.17) is 4.42 Å². The average Bonchev–Trinajstić information content (AvgIpc) is 3.84. The Labute approximate surface area is 330 Å². The smallest absolute Gasteiger partial charge is 0.145 e. The summed E-state index contributed by atoms with van der Waals surface area (Å²) in [4.78, 5) is 2.39. The van der Waals surface area contributed by atoms with E-state index in [1.54, 1.807) is 0 Å². The molecule has 3 nitrogen and oxygen atoms in total. The van der Waals surface area contributed by atoms with Gasteiger partial charge in [-0.2, -0.15) is 0 Å². The van der Waals surface area contributed by atoms with E-state index in [2.05, 4.69) is 228 Å². The summed E-state index contributed by atoms with van der Waals surface area (Å²) in [5, 5.41) is 4.64. The minimum absolute atomic E-state index is 0.859. The molecule has 268 valence electrons. The van der Waals surface area contributed by atoms with Crippen LogP contribution in [0.4, 0.5) is 17.1 Å². The summed E-state index contributed by atoms with van der Waals surface area (Å²) < 4.78 is 9.28. The zero-order chi connectivity index (χ0) is 37.7. The number of furan rings is 1. The monoisotopic (exact) mass is 728 g/mol. The van der Waals surface area contributed by atoms with Crippen LogP contribution in [0.1, 0.15) is 0 Å². The highest BCUT2D eigenvalue weighted by atomic mass is 16.3. The van der Waals surface area contributed by atoms with Crippen molar-refractivity contribution < 1.29 is 4.42 Å². The van der Waals surface area contributed by atoms with Crippen LogP contribution in [0.2, 0.25) is 0 Å². The first-order chi connectivity index (χ1) is 28.3. The molecule has 0 aliphatic heterocycles. The number of rotatable bonds is 7. The molecule has 0 atom stereocenters. The van der Waals surface area contributed by atoms with Gasteiger partial charge in [-0.05, 0) is 82.9 Å². The maximum absolute atomic E-state index is 6.91. The Hall–Kier alpha value is -7.62. The summed E-state index contributed by atoms with van der Waals surface area (Å²) in [6, 6.07) is 77.9. The number of nitrogens with zero attached hydrogens (tertiary/aromatic N) is 2. The molecule has 0 fully saturated rings. The summed E-state index contributed by atoms with van der Waals surface area (Å²) in [7, 11) is 0. The maximum atomic E-state index is 6.91. The van der Waals surface area contributed by atoms with Crippen LogP contribution in [0.5, 0.6) is 0 Å². The van der Waals surface area contributed by atoms with E-state index in [1.165, 1.54) is 32.9 Å². The molecule has 0 N–H and O–H groups in total. The quantitative estimate of drug-likeness (QED) is 0.163. The van der Waals surface area contributed by atoms with E-state index in [1.807, 2.05) is 0 Å². The van der Waals surface area contributed by atoms with Gasteiger partial charge in [-0.1, -0.05) is 158 Å². The lowest BCUT2D eigenvalue weighted by atomic mass is 9.97. The van der Waals surface area contributed by atoms with Crippen molar-refractivity contribution in [3.05, 3.63) is 218 Å². The molecule has 2 heterocycles. The van der Waals surface area contributed by atoms with Crippen LogP contribution in [-0.2, 0) is 0 Å². The molecule has 57 heavy (non-hydrogen) atoms. The van der Waals surface area contributed by atoms with Crippen molar-refractivity contribution in [2.24, 2.45) is 0 Å². The van der Waals surface area contributed by atoms with E-state index in [9.17, 15) is 0 Å². The van der Waals surface area contributed by atoms with E-state index in [0.29, 0.717) is 0 Å². The van der Waals surface area contributed by atoms with Crippen molar-refractivity contribution in [3.63, 3.8) is 0 Å². The normalized spacial score (nSPS) is 11.5. The highest BCUT2D eigenvalue weighted by Crippen LogP contribution is 2.48. The predicted molar refractivity (Wildman–Crippen MR) is 239 cm³/mol. The third-order valence-electron chi connectivity index (χ3n) is 11.2. The second-order valence-corrected chi connectivity index (χ2v) is 14.5. The van der Waals surface area contributed by atoms with Crippen LogP contribution in [0.25, 0.3) is 82.8 Å². The van der Waals surface area contributed by atoms with E-state index >= 15 is 0 Å². The van der Waals surface area contributed by atoms with Crippen LogP contribution < -0.4 is 4.90 Å². The third-order valence-corrected chi connectivity index (χ3v) is 11.2. The summed E-state index contributed by atoms with van der Waals surface area (Å²) >= 11 is 0. The molecular weight excluding hydrogens is 693 g/mol. The lowest BCUT2D eigenvalue weighted by molar-refractivity contribution is 0.670. The van der Waals surface area contributed by atoms with Crippen molar-refractivity contribution >= 4 is 60.8 Å². The van der Waals surface area contributed by atoms with E-state index < -0.39 is 0 Å². The fourth-order valence-electron chi connectivity index (χ4n) is 8.61. The van der Waals surface area contributed by atoms with E-state index in [-0.39, 0.29) is 0 Å². The topological polar surface area (TPSA) is 21.3 Å². The van der Waals surface area contributed by atoms with Crippen LogP contribution in [-0.4, -0.2) is 4.57 Å². The summed E-state index contributed by atoms with van der Waals surface area (Å²) in [6.45, 7) is 0. The van der Waals surface area contributed by atoms with Crippen molar-refractivity contribution in [1.29, 1.82) is 0 Å². The first-order valence-corrected chi connectivity index (χ1v) is 19.4. The molecule has 0 spiro atoms. The number of para-hydroxylation sites is 5. The molecule has 2 aromatic heterocycles. The third kappa shape index (κ3) is 5.51. The largest absolute Gasteiger partial charge is 0.455 e. The Morgan fingerprint density at radius 3 is 1.70 bits per heavy atom. The first-order valence-electron chi connectivity index (χ1n) is 19.4. The van der Waals surface area contributed by atoms with Gasteiger partial charge in [-0.25, -0.2) is 0 Å². The van der Waals surface area contributed by atoms with Crippen molar-refractivity contribution in [1.82, 2.24) is 4.57 Å². The van der Waals surface area contributed by atoms with E-state index in [0.717, 1.165) is 66.9 Å². The van der Waals surface area contributed by atoms with Crippen LogP contribution in [0.3, 0.4) is 0 Å². The van der Waals surface area contributed by atoms with Gasteiger partial charge >= 0.3 is 0 Å². The van der Waals surface area contributed by atoms with Crippen LogP contribution in [0, 0.1) is 0 Å². The molecule has 11 rings (SSSR count). The standard InChI is InChI=1S/C54H36N2O/c1-3-16-37(17-4-1)38-30-32-39(33-31-38)43-22-7-11-26-48(43)55(41-19-5-2-6-20-41)51-35-34-44(54-53(51)47-25-10-14-29-52(47)57-54)40-18-15-21-42(36-40)56-49-27-12-8-23-45(49)46-24-9-13-28-50(46)56/h1-36H. The minimum Gasteiger partial charge on any atom is -0.455 e. The molecule has 0 saturated carbocycles. The van der Waals surface area contributed by atoms with Gasteiger partial charge in [0.05, 0.1) is 27.8 Å². The molecule has 0 aliphatic carbocycles. The first kappa shape index (κ1) is 32.8. The number of fused-ring (bicyclic) bond motifs is 6. The fourth-order valence-corrected chi connectivity index (χ4v) is 8.61. The molecule has 0 aliphatic rings. The number of aromatic nitrogens is 1. The fraction of sp³-hybridized carbons (Fsp3) is 0. The Balaban J connectivity index is 1.11. The van der Waals surface area contributed by atoms with Crippen LogP contribution in [0.15, 0.2) is 223 Å². The van der Waals surface area contributed by atoms with Crippen molar-refractivity contribution in [2.75, 3.05) is 4.90 Å². The van der Waals surface area contributed by atoms with Gasteiger partial charge in [0.1, 0.15) is 11.2 Å². The number of hydrogen-bond acceptors (Lipinski definition) is 2. The number of anilines is 3. The van der Waals surface area contributed by atoms with Gasteiger partial charge in [0.15, 0.2) is 0 Å². The number of benzene rings is 9. The van der Waals surface area contributed by atoms with Gasteiger partial charge in [0.25, 0.3) is 0 Å². The molecule has 0 radical (unpaired) electrons. The molecule has 3 heteroatoms. The van der Waals surface area contributed by atoms with Gasteiger partial charge in [-0.15, -0.1) is 0 Å². The Morgan fingerprint density at radius 1 is 0.368 bits per heavy atom. The molecule has 9 aromatic carbocycles. The van der Waals surface area contributed by atoms with Crippen molar-refractivity contribution in [3.8, 4) is 39.1 Å². The molecule has 0 amide bonds. The second kappa shape index (κ2) is 13.6. The molecular formula is C54H36N2O. The summed E-state index contributed by atoms with van der Waals surface area (Å²) in [6.07, 6.45) is 0. The second-order valence-electron chi connectivity index (χ2n) is 14.5. The highest BCUT2D eigenvalue weighted by molar-refractivity contribution is 6.17. The molecule has 0 unspecified atom stereocenters. The zero-order valence-corrected chi connectivity index (χ0v) is 31.1. The SMILES string of the molecule is c1ccc(-c2ccc(-c3ccccc3N(c3ccccc3)c3ccc(-c4cccc(-n5c6ccccc6c6ccccc65)c4)c4oc5ccccc5c34)cc2)cc1. The minimum atomic E-state index is 0.859. The summed E-state index contributed by atoms with van der Waals surface area (Å²) in [5.41, 5.74) is 15.2. The van der Waals surface area contributed by atoms with Gasteiger partial charge in [0, 0.05) is 38.7 Å². The lowest BCUT2D eigenvalue weighted by Gasteiger charge is -2.29. The maximum Gasteiger partial charge on any atom is 0.145 e.